The number of hydrogen-bond acceptors (Lipinski definition) is 3. The van der Waals surface area contributed by atoms with E-state index in [0.717, 1.165) is 24.7 Å². The topological polar surface area (TPSA) is 35.5 Å². The van der Waals surface area contributed by atoms with E-state index in [0.29, 0.717) is 0 Å². The summed E-state index contributed by atoms with van der Waals surface area (Å²) in [4.78, 5) is 11.6. The quantitative estimate of drug-likeness (QED) is 0.695. The first kappa shape index (κ1) is 15.3. The molecular formula is C15H28O3. The molecule has 1 aliphatic rings. The van der Waals surface area contributed by atoms with Crippen molar-refractivity contribution in [1.82, 2.24) is 0 Å². The molecule has 0 spiro atoms. The van der Waals surface area contributed by atoms with Crippen LogP contribution in [-0.2, 0) is 9.47 Å². The van der Waals surface area contributed by atoms with E-state index in [1.54, 1.807) is 0 Å². The first-order chi connectivity index (χ1) is 8.31. The zero-order chi connectivity index (χ0) is 13.8. The van der Waals surface area contributed by atoms with Gasteiger partial charge in [0.25, 0.3) is 0 Å². The zero-order valence-electron chi connectivity index (χ0n) is 12.5. The predicted octanol–water partition coefficient (Wildman–Crippen LogP) is 4.54. The minimum absolute atomic E-state index is 0.0557. The van der Waals surface area contributed by atoms with E-state index in [-0.39, 0.29) is 6.10 Å². The fourth-order valence-corrected chi connectivity index (χ4v) is 2.52. The van der Waals surface area contributed by atoms with Crippen LogP contribution >= 0.6 is 0 Å². The van der Waals surface area contributed by atoms with Crippen molar-refractivity contribution in [1.29, 1.82) is 0 Å². The molecule has 3 nitrogen and oxygen atoms in total. The molecule has 1 fully saturated rings. The number of carbonyl (C=O) groups excluding carboxylic acids is 1. The van der Waals surface area contributed by atoms with Crippen LogP contribution in [0, 0.1) is 11.8 Å². The average molecular weight is 256 g/mol. The maximum Gasteiger partial charge on any atom is 0.509 e. The molecule has 0 amide bonds. The lowest BCUT2D eigenvalue weighted by molar-refractivity contribution is -0.0381. The molecule has 0 aliphatic heterocycles. The fraction of sp³-hybridized carbons (Fsp3) is 0.933. The number of hydrogen-bond donors (Lipinski definition) is 0. The van der Waals surface area contributed by atoms with Gasteiger partial charge in [0.05, 0.1) is 0 Å². The van der Waals surface area contributed by atoms with Gasteiger partial charge in [-0.25, -0.2) is 4.79 Å². The molecule has 0 aromatic heterocycles. The Morgan fingerprint density at radius 3 is 2.22 bits per heavy atom. The summed E-state index contributed by atoms with van der Waals surface area (Å²) >= 11 is 0. The molecular weight excluding hydrogens is 228 g/mol. The van der Waals surface area contributed by atoms with Gasteiger partial charge in [0.1, 0.15) is 11.7 Å². The second-order valence-electron chi connectivity index (χ2n) is 6.50. The standard InChI is InChI=1S/C15H28O3/c1-6-11(2)12-7-9-13(10-8-12)17-14(16)18-15(3,4)5/h11-13H,6-10H2,1-5H3. The van der Waals surface area contributed by atoms with E-state index >= 15 is 0 Å². The van der Waals surface area contributed by atoms with Crippen LogP contribution in [0.15, 0.2) is 0 Å². The fourth-order valence-electron chi connectivity index (χ4n) is 2.52. The molecule has 0 N–H and O–H groups in total. The minimum Gasteiger partial charge on any atom is -0.431 e. The lowest BCUT2D eigenvalue weighted by Crippen LogP contribution is -2.30. The third-order valence-electron chi connectivity index (χ3n) is 3.82. The highest BCUT2D eigenvalue weighted by atomic mass is 16.7. The SMILES string of the molecule is CCC(C)C1CCC(OC(=O)OC(C)(C)C)CC1. The number of ether oxygens (including phenoxy) is 2. The molecule has 1 saturated carbocycles. The van der Waals surface area contributed by atoms with Crippen LogP contribution in [-0.4, -0.2) is 17.9 Å². The van der Waals surface area contributed by atoms with Crippen LogP contribution < -0.4 is 0 Å². The predicted molar refractivity (Wildman–Crippen MR) is 72.5 cm³/mol. The molecule has 0 heterocycles. The molecule has 0 bridgehead atoms. The van der Waals surface area contributed by atoms with E-state index in [1.165, 1.54) is 19.3 Å². The maximum absolute atomic E-state index is 11.6. The maximum atomic E-state index is 11.6. The van der Waals surface area contributed by atoms with Gasteiger partial charge in [-0.15, -0.1) is 0 Å². The van der Waals surface area contributed by atoms with Crippen molar-refractivity contribution in [3.63, 3.8) is 0 Å². The monoisotopic (exact) mass is 256 g/mol. The summed E-state index contributed by atoms with van der Waals surface area (Å²) in [6.07, 6.45) is 5.07. The number of carbonyl (C=O) groups is 1. The third-order valence-corrected chi connectivity index (χ3v) is 3.82. The van der Waals surface area contributed by atoms with Gasteiger partial charge >= 0.3 is 6.16 Å². The summed E-state index contributed by atoms with van der Waals surface area (Å²) in [5, 5.41) is 0. The van der Waals surface area contributed by atoms with E-state index < -0.39 is 11.8 Å². The van der Waals surface area contributed by atoms with Gasteiger partial charge in [-0.05, 0) is 58.3 Å². The van der Waals surface area contributed by atoms with Gasteiger partial charge in [-0.2, -0.15) is 0 Å². The molecule has 1 rings (SSSR count). The van der Waals surface area contributed by atoms with Crippen molar-refractivity contribution in [3.05, 3.63) is 0 Å². The van der Waals surface area contributed by atoms with Crippen LogP contribution in [0.1, 0.15) is 66.7 Å². The summed E-state index contributed by atoms with van der Waals surface area (Å²) < 4.78 is 10.5. The van der Waals surface area contributed by atoms with Crippen molar-refractivity contribution < 1.29 is 14.3 Å². The van der Waals surface area contributed by atoms with Gasteiger partial charge < -0.3 is 9.47 Å². The Balaban J connectivity index is 2.29. The Hall–Kier alpha value is -0.730. The molecule has 18 heavy (non-hydrogen) atoms. The van der Waals surface area contributed by atoms with Crippen molar-refractivity contribution in [2.45, 2.75) is 78.4 Å². The van der Waals surface area contributed by atoms with Gasteiger partial charge in [0, 0.05) is 0 Å². The third kappa shape index (κ3) is 5.28. The van der Waals surface area contributed by atoms with Crippen molar-refractivity contribution >= 4 is 6.16 Å². The van der Waals surface area contributed by atoms with Gasteiger partial charge in [-0.1, -0.05) is 20.3 Å². The molecule has 0 aromatic rings. The van der Waals surface area contributed by atoms with Gasteiger partial charge in [0.15, 0.2) is 0 Å². The van der Waals surface area contributed by atoms with Crippen LogP contribution in [0.3, 0.4) is 0 Å². The second kappa shape index (κ2) is 6.44. The summed E-state index contributed by atoms with van der Waals surface area (Å²) in [7, 11) is 0. The summed E-state index contributed by atoms with van der Waals surface area (Å²) in [5.41, 5.74) is -0.467. The average Bonchev–Trinajstić information content (AvgIpc) is 2.26. The zero-order valence-corrected chi connectivity index (χ0v) is 12.5. The summed E-state index contributed by atoms with van der Waals surface area (Å²) in [5.74, 6) is 1.58. The number of rotatable bonds is 3. The Morgan fingerprint density at radius 1 is 1.22 bits per heavy atom. The Labute approximate surface area is 111 Å². The van der Waals surface area contributed by atoms with Crippen molar-refractivity contribution in [2.24, 2.45) is 11.8 Å². The first-order valence-electron chi connectivity index (χ1n) is 7.21. The normalized spacial score (nSPS) is 26.5. The Bertz CT molecular complexity index is 259. The Morgan fingerprint density at radius 2 is 1.78 bits per heavy atom. The molecule has 1 atom stereocenters. The largest absolute Gasteiger partial charge is 0.509 e. The highest BCUT2D eigenvalue weighted by Gasteiger charge is 2.28. The summed E-state index contributed by atoms with van der Waals surface area (Å²) in [6.45, 7) is 10.1. The minimum atomic E-state index is -0.519. The van der Waals surface area contributed by atoms with Gasteiger partial charge in [-0.3, -0.25) is 0 Å². The lowest BCUT2D eigenvalue weighted by atomic mass is 9.79. The molecule has 3 heteroatoms. The van der Waals surface area contributed by atoms with E-state index in [2.05, 4.69) is 13.8 Å². The first-order valence-corrected chi connectivity index (χ1v) is 7.21. The molecule has 0 radical (unpaired) electrons. The van der Waals surface area contributed by atoms with Crippen LogP contribution in [0.25, 0.3) is 0 Å². The van der Waals surface area contributed by atoms with Crippen LogP contribution in [0.4, 0.5) is 4.79 Å². The van der Waals surface area contributed by atoms with Crippen molar-refractivity contribution in [2.75, 3.05) is 0 Å². The van der Waals surface area contributed by atoms with Crippen LogP contribution in [0.5, 0.6) is 0 Å². The smallest absolute Gasteiger partial charge is 0.431 e. The Kier molecular flexibility index (Phi) is 5.48. The van der Waals surface area contributed by atoms with E-state index in [1.807, 2.05) is 20.8 Å². The molecule has 0 saturated heterocycles. The van der Waals surface area contributed by atoms with Crippen LogP contribution in [0.2, 0.25) is 0 Å². The molecule has 1 unspecified atom stereocenters. The molecule has 1 aliphatic carbocycles. The van der Waals surface area contributed by atoms with E-state index in [9.17, 15) is 4.79 Å². The highest BCUT2D eigenvalue weighted by Crippen LogP contribution is 2.33. The highest BCUT2D eigenvalue weighted by molar-refractivity contribution is 5.60. The van der Waals surface area contributed by atoms with E-state index in [4.69, 9.17) is 9.47 Å². The lowest BCUT2D eigenvalue weighted by Gasteiger charge is -2.32. The second-order valence-corrected chi connectivity index (χ2v) is 6.50. The molecule has 106 valence electrons. The van der Waals surface area contributed by atoms with Crippen molar-refractivity contribution in [3.8, 4) is 0 Å². The van der Waals surface area contributed by atoms with Gasteiger partial charge in [0.2, 0.25) is 0 Å². The summed E-state index contributed by atoms with van der Waals surface area (Å²) in [6, 6.07) is 0. The molecule has 0 aromatic carbocycles.